The largest absolute Gasteiger partial charge is 0.481 e. The molecule has 2 heterocycles. The third-order valence-corrected chi connectivity index (χ3v) is 3.46. The first-order valence-corrected chi connectivity index (χ1v) is 6.56. The molecule has 0 amide bonds. The van der Waals surface area contributed by atoms with Crippen molar-refractivity contribution in [2.24, 2.45) is 5.92 Å². The van der Waals surface area contributed by atoms with Gasteiger partial charge in [0.25, 0.3) is 0 Å². The molecule has 102 valence electrons. The van der Waals surface area contributed by atoms with E-state index in [1.807, 2.05) is 0 Å². The fourth-order valence-corrected chi connectivity index (χ4v) is 2.38. The molecule has 1 atom stereocenters. The van der Waals surface area contributed by atoms with Crippen molar-refractivity contribution < 1.29 is 14.7 Å². The second kappa shape index (κ2) is 6.43. The number of rotatable bonds is 5. The molecular formula is C14H18N2O3. The van der Waals surface area contributed by atoms with Crippen LogP contribution in [-0.2, 0) is 4.79 Å². The van der Waals surface area contributed by atoms with Crippen molar-refractivity contribution in [2.75, 3.05) is 19.6 Å². The molecule has 1 aromatic heterocycles. The minimum atomic E-state index is -0.735. The van der Waals surface area contributed by atoms with E-state index < -0.39 is 5.97 Å². The van der Waals surface area contributed by atoms with Crippen molar-refractivity contribution in [3.8, 4) is 0 Å². The lowest BCUT2D eigenvalue weighted by atomic mass is 9.98. The Morgan fingerprint density at radius 2 is 2.26 bits per heavy atom. The van der Waals surface area contributed by atoms with Crippen LogP contribution in [-0.4, -0.2) is 46.4 Å². The van der Waals surface area contributed by atoms with Crippen molar-refractivity contribution >= 4 is 11.8 Å². The van der Waals surface area contributed by atoms with Crippen molar-refractivity contribution in [3.05, 3.63) is 30.1 Å². The van der Waals surface area contributed by atoms with Gasteiger partial charge in [-0.05, 0) is 31.5 Å². The molecule has 5 heteroatoms. The molecule has 0 spiro atoms. The van der Waals surface area contributed by atoms with Crippen LogP contribution in [0.1, 0.15) is 29.8 Å². The first-order chi connectivity index (χ1) is 9.16. The maximum atomic E-state index is 11.9. The van der Waals surface area contributed by atoms with E-state index in [1.165, 1.54) is 0 Å². The summed E-state index contributed by atoms with van der Waals surface area (Å²) in [5.41, 5.74) is 0.481. The first-order valence-electron chi connectivity index (χ1n) is 6.56. The quantitative estimate of drug-likeness (QED) is 0.813. The van der Waals surface area contributed by atoms with Crippen LogP contribution in [0, 0.1) is 5.92 Å². The third-order valence-electron chi connectivity index (χ3n) is 3.46. The Hall–Kier alpha value is -1.75. The van der Waals surface area contributed by atoms with Crippen molar-refractivity contribution in [1.82, 2.24) is 9.88 Å². The van der Waals surface area contributed by atoms with E-state index in [1.54, 1.807) is 24.4 Å². The Kier molecular flexibility index (Phi) is 4.63. The van der Waals surface area contributed by atoms with Crippen LogP contribution in [0.15, 0.2) is 24.4 Å². The highest BCUT2D eigenvalue weighted by molar-refractivity contribution is 5.94. The zero-order chi connectivity index (χ0) is 13.7. The summed E-state index contributed by atoms with van der Waals surface area (Å²) in [6.45, 7) is 2.03. The van der Waals surface area contributed by atoms with E-state index in [9.17, 15) is 9.59 Å². The molecule has 1 N–H and O–H groups in total. The predicted octanol–water partition coefficient (Wildman–Crippen LogP) is 1.45. The van der Waals surface area contributed by atoms with Gasteiger partial charge in [0.1, 0.15) is 5.69 Å². The average Bonchev–Trinajstić information content (AvgIpc) is 2.46. The standard InChI is InChI=1S/C14H18N2O3/c17-13(12-5-1-2-7-15-12)6-9-16-8-3-4-11(10-16)14(18)19/h1-2,5,7,11H,3-4,6,8-10H2,(H,18,19). The number of nitrogens with zero attached hydrogens (tertiary/aromatic N) is 2. The highest BCUT2D eigenvalue weighted by atomic mass is 16.4. The van der Waals surface area contributed by atoms with E-state index in [0.717, 1.165) is 19.4 Å². The van der Waals surface area contributed by atoms with Gasteiger partial charge in [-0.3, -0.25) is 14.6 Å². The van der Waals surface area contributed by atoms with Gasteiger partial charge in [0, 0.05) is 25.7 Å². The SMILES string of the molecule is O=C(CCN1CCCC(C(=O)O)C1)c1ccccn1. The van der Waals surface area contributed by atoms with Gasteiger partial charge in [-0.15, -0.1) is 0 Å². The molecule has 0 aliphatic carbocycles. The van der Waals surface area contributed by atoms with Crippen LogP contribution in [0.2, 0.25) is 0 Å². The monoisotopic (exact) mass is 262 g/mol. The number of carboxylic acid groups (broad SMARTS) is 1. The number of pyridine rings is 1. The van der Waals surface area contributed by atoms with Gasteiger partial charge in [-0.1, -0.05) is 6.07 Å². The van der Waals surface area contributed by atoms with Crippen LogP contribution in [0.5, 0.6) is 0 Å². The number of carboxylic acids is 1. The van der Waals surface area contributed by atoms with Crippen LogP contribution >= 0.6 is 0 Å². The van der Waals surface area contributed by atoms with E-state index in [4.69, 9.17) is 5.11 Å². The summed E-state index contributed by atoms with van der Waals surface area (Å²) < 4.78 is 0. The van der Waals surface area contributed by atoms with Gasteiger partial charge in [-0.2, -0.15) is 0 Å². The second-order valence-electron chi connectivity index (χ2n) is 4.87. The first kappa shape index (κ1) is 13.7. The van der Waals surface area contributed by atoms with Gasteiger partial charge in [-0.25, -0.2) is 0 Å². The number of aromatic nitrogens is 1. The van der Waals surface area contributed by atoms with E-state index in [-0.39, 0.29) is 11.7 Å². The molecule has 1 aliphatic heterocycles. The summed E-state index contributed by atoms with van der Waals surface area (Å²) in [6.07, 6.45) is 3.62. The molecule has 5 nitrogen and oxygen atoms in total. The molecule has 19 heavy (non-hydrogen) atoms. The Balaban J connectivity index is 1.82. The third kappa shape index (κ3) is 3.86. The van der Waals surface area contributed by atoms with E-state index >= 15 is 0 Å². The summed E-state index contributed by atoms with van der Waals surface area (Å²) in [5.74, 6) is -1.02. The number of hydrogen-bond acceptors (Lipinski definition) is 4. The molecule has 0 bridgehead atoms. The molecule has 0 radical (unpaired) electrons. The van der Waals surface area contributed by atoms with Crippen LogP contribution in [0.4, 0.5) is 0 Å². The Morgan fingerprint density at radius 1 is 1.42 bits per heavy atom. The van der Waals surface area contributed by atoms with Crippen molar-refractivity contribution in [1.29, 1.82) is 0 Å². The number of likely N-dealkylation sites (tertiary alicyclic amines) is 1. The van der Waals surface area contributed by atoms with E-state index in [0.29, 0.717) is 25.2 Å². The average molecular weight is 262 g/mol. The normalized spacial score (nSPS) is 20.1. The molecule has 1 aromatic rings. The fraction of sp³-hybridized carbons (Fsp3) is 0.500. The smallest absolute Gasteiger partial charge is 0.307 e. The van der Waals surface area contributed by atoms with Crippen LogP contribution in [0.3, 0.4) is 0 Å². The Bertz CT molecular complexity index is 447. The number of piperidine rings is 1. The summed E-state index contributed by atoms with van der Waals surface area (Å²) in [4.78, 5) is 28.9. The molecule has 0 aromatic carbocycles. The number of ketones is 1. The van der Waals surface area contributed by atoms with Crippen molar-refractivity contribution in [3.63, 3.8) is 0 Å². The van der Waals surface area contributed by atoms with Gasteiger partial charge in [0.15, 0.2) is 5.78 Å². The van der Waals surface area contributed by atoms with Gasteiger partial charge >= 0.3 is 5.97 Å². The summed E-state index contributed by atoms with van der Waals surface area (Å²) in [6, 6.07) is 5.28. The topological polar surface area (TPSA) is 70.5 Å². The molecule has 1 saturated heterocycles. The fourth-order valence-electron chi connectivity index (χ4n) is 2.38. The number of carbonyl (C=O) groups excluding carboxylic acids is 1. The summed E-state index contributed by atoms with van der Waals surface area (Å²) in [5, 5.41) is 9.01. The highest BCUT2D eigenvalue weighted by Crippen LogP contribution is 2.17. The lowest BCUT2D eigenvalue weighted by Gasteiger charge is -2.30. The maximum absolute atomic E-state index is 11.9. The zero-order valence-electron chi connectivity index (χ0n) is 10.8. The van der Waals surface area contributed by atoms with Gasteiger partial charge in [0.2, 0.25) is 0 Å². The Morgan fingerprint density at radius 3 is 2.95 bits per heavy atom. The van der Waals surface area contributed by atoms with Gasteiger partial charge in [0.05, 0.1) is 5.92 Å². The second-order valence-corrected chi connectivity index (χ2v) is 4.87. The maximum Gasteiger partial charge on any atom is 0.307 e. The Labute approximate surface area is 112 Å². The number of aliphatic carboxylic acids is 1. The minimum absolute atomic E-state index is 0.0121. The lowest BCUT2D eigenvalue weighted by molar-refractivity contribution is -0.143. The predicted molar refractivity (Wildman–Crippen MR) is 70.0 cm³/mol. The van der Waals surface area contributed by atoms with Crippen molar-refractivity contribution in [2.45, 2.75) is 19.3 Å². The number of Topliss-reactive ketones (excluding diaryl/α,β-unsaturated/α-hetero) is 1. The lowest BCUT2D eigenvalue weighted by Crippen LogP contribution is -2.39. The molecule has 2 rings (SSSR count). The summed E-state index contributed by atoms with van der Waals surface area (Å²) >= 11 is 0. The molecule has 1 fully saturated rings. The van der Waals surface area contributed by atoms with E-state index in [2.05, 4.69) is 9.88 Å². The molecular weight excluding hydrogens is 244 g/mol. The molecule has 0 saturated carbocycles. The van der Waals surface area contributed by atoms with Crippen LogP contribution < -0.4 is 0 Å². The zero-order valence-corrected chi connectivity index (χ0v) is 10.8. The minimum Gasteiger partial charge on any atom is -0.481 e. The molecule has 1 unspecified atom stereocenters. The summed E-state index contributed by atoms with van der Waals surface area (Å²) in [7, 11) is 0. The van der Waals surface area contributed by atoms with Gasteiger partial charge < -0.3 is 10.0 Å². The number of hydrogen-bond donors (Lipinski definition) is 1. The number of carbonyl (C=O) groups is 2. The van der Waals surface area contributed by atoms with Crippen LogP contribution in [0.25, 0.3) is 0 Å². The highest BCUT2D eigenvalue weighted by Gasteiger charge is 2.25. The molecule has 1 aliphatic rings.